The van der Waals surface area contributed by atoms with Crippen molar-refractivity contribution in [2.75, 3.05) is 20.3 Å². The fraction of sp³-hybridized carbons (Fsp3) is 0.417. The first-order valence-electron chi connectivity index (χ1n) is 5.19. The zero-order chi connectivity index (χ0) is 11.8. The van der Waals surface area contributed by atoms with E-state index >= 15 is 0 Å². The van der Waals surface area contributed by atoms with Crippen LogP contribution in [-0.4, -0.2) is 32.3 Å². The van der Waals surface area contributed by atoms with E-state index in [2.05, 4.69) is 0 Å². The second-order valence-electron chi connectivity index (χ2n) is 3.46. The molecule has 0 unspecified atom stereocenters. The van der Waals surface area contributed by atoms with Gasteiger partial charge in [0.15, 0.2) is 0 Å². The quantitative estimate of drug-likeness (QED) is 0.615. The molecule has 1 atom stereocenters. The molecule has 96 valence electrons. The van der Waals surface area contributed by atoms with Crippen molar-refractivity contribution in [1.29, 1.82) is 0 Å². The molecular formula is C12H18ClNO3. The SMILES string of the molecule is COCCOC(=O)[C@@H](N)Cc1ccccc1.Cl. The van der Waals surface area contributed by atoms with Gasteiger partial charge in [0.2, 0.25) is 0 Å². The molecule has 0 radical (unpaired) electrons. The first kappa shape index (κ1) is 15.9. The van der Waals surface area contributed by atoms with Crippen LogP contribution in [0.4, 0.5) is 0 Å². The number of ether oxygens (including phenoxy) is 2. The standard InChI is InChI=1S/C12H17NO3.ClH/c1-15-7-8-16-12(14)11(13)9-10-5-3-2-4-6-10;/h2-6,11H,7-9,13H2,1H3;1H/t11-;/m0./s1. The number of rotatable bonds is 6. The smallest absolute Gasteiger partial charge is 0.323 e. The molecule has 4 nitrogen and oxygen atoms in total. The monoisotopic (exact) mass is 259 g/mol. The highest BCUT2D eigenvalue weighted by Gasteiger charge is 2.15. The maximum absolute atomic E-state index is 11.4. The summed E-state index contributed by atoms with van der Waals surface area (Å²) >= 11 is 0. The summed E-state index contributed by atoms with van der Waals surface area (Å²) in [5.74, 6) is -0.388. The van der Waals surface area contributed by atoms with Gasteiger partial charge < -0.3 is 15.2 Å². The van der Waals surface area contributed by atoms with Crippen LogP contribution in [-0.2, 0) is 20.7 Å². The molecule has 0 aliphatic carbocycles. The summed E-state index contributed by atoms with van der Waals surface area (Å²) in [5.41, 5.74) is 6.74. The minimum atomic E-state index is -0.612. The molecule has 0 spiro atoms. The lowest BCUT2D eigenvalue weighted by atomic mass is 10.1. The number of methoxy groups -OCH3 is 1. The van der Waals surface area contributed by atoms with Gasteiger partial charge in [0.05, 0.1) is 6.61 Å². The lowest BCUT2D eigenvalue weighted by molar-refractivity contribution is -0.146. The van der Waals surface area contributed by atoms with Gasteiger partial charge in [-0.1, -0.05) is 30.3 Å². The average molecular weight is 260 g/mol. The fourth-order valence-corrected chi connectivity index (χ4v) is 1.28. The Kier molecular flexibility index (Phi) is 8.40. The van der Waals surface area contributed by atoms with Gasteiger partial charge in [-0.05, 0) is 12.0 Å². The van der Waals surface area contributed by atoms with Crippen molar-refractivity contribution in [3.8, 4) is 0 Å². The molecule has 17 heavy (non-hydrogen) atoms. The molecule has 1 aromatic carbocycles. The third-order valence-electron chi connectivity index (χ3n) is 2.13. The van der Waals surface area contributed by atoms with Gasteiger partial charge in [0, 0.05) is 7.11 Å². The first-order valence-corrected chi connectivity index (χ1v) is 5.19. The molecule has 0 aliphatic rings. The molecule has 0 saturated carbocycles. The van der Waals surface area contributed by atoms with Crippen LogP contribution >= 0.6 is 12.4 Å². The van der Waals surface area contributed by atoms with Gasteiger partial charge in [-0.25, -0.2) is 0 Å². The Morgan fingerprint density at radius 3 is 2.53 bits per heavy atom. The third kappa shape index (κ3) is 6.26. The number of hydrogen-bond donors (Lipinski definition) is 1. The molecule has 0 aromatic heterocycles. The molecule has 1 rings (SSSR count). The second kappa shape index (κ2) is 8.98. The normalized spacial score (nSPS) is 11.4. The highest BCUT2D eigenvalue weighted by atomic mass is 35.5. The molecule has 1 aromatic rings. The van der Waals surface area contributed by atoms with E-state index in [4.69, 9.17) is 15.2 Å². The predicted octanol–water partition coefficient (Wildman–Crippen LogP) is 1.17. The highest BCUT2D eigenvalue weighted by Crippen LogP contribution is 2.02. The molecular weight excluding hydrogens is 242 g/mol. The summed E-state index contributed by atoms with van der Waals surface area (Å²) in [5, 5.41) is 0. The Morgan fingerprint density at radius 2 is 1.94 bits per heavy atom. The fourth-order valence-electron chi connectivity index (χ4n) is 1.28. The summed E-state index contributed by atoms with van der Waals surface area (Å²) in [6.45, 7) is 0.640. The number of carbonyl (C=O) groups excluding carboxylic acids is 1. The largest absolute Gasteiger partial charge is 0.462 e. The number of hydrogen-bond acceptors (Lipinski definition) is 4. The van der Waals surface area contributed by atoms with E-state index in [1.54, 1.807) is 7.11 Å². The van der Waals surface area contributed by atoms with Crippen LogP contribution < -0.4 is 5.73 Å². The Balaban J connectivity index is 0.00000256. The Morgan fingerprint density at radius 1 is 1.29 bits per heavy atom. The summed E-state index contributed by atoms with van der Waals surface area (Å²) in [4.78, 5) is 11.4. The van der Waals surface area contributed by atoms with Gasteiger partial charge in [-0.3, -0.25) is 4.79 Å². The van der Waals surface area contributed by atoms with Crippen molar-refractivity contribution in [3.63, 3.8) is 0 Å². The topological polar surface area (TPSA) is 61.5 Å². The maximum atomic E-state index is 11.4. The number of halogens is 1. The minimum Gasteiger partial charge on any atom is -0.462 e. The van der Waals surface area contributed by atoms with Crippen molar-refractivity contribution < 1.29 is 14.3 Å². The molecule has 0 saturated heterocycles. The number of carbonyl (C=O) groups is 1. The van der Waals surface area contributed by atoms with Gasteiger partial charge in [-0.15, -0.1) is 12.4 Å². The van der Waals surface area contributed by atoms with Gasteiger partial charge in [0.1, 0.15) is 12.6 Å². The van der Waals surface area contributed by atoms with Crippen LogP contribution in [0.1, 0.15) is 5.56 Å². The molecule has 0 aliphatic heterocycles. The van der Waals surface area contributed by atoms with Crippen LogP contribution in [0.2, 0.25) is 0 Å². The van der Waals surface area contributed by atoms with Crippen LogP contribution in [0.25, 0.3) is 0 Å². The third-order valence-corrected chi connectivity index (χ3v) is 2.13. The van der Waals surface area contributed by atoms with E-state index in [1.807, 2.05) is 30.3 Å². The van der Waals surface area contributed by atoms with E-state index in [-0.39, 0.29) is 25.0 Å². The number of benzene rings is 1. The lowest BCUT2D eigenvalue weighted by Gasteiger charge is -2.11. The van der Waals surface area contributed by atoms with Gasteiger partial charge in [-0.2, -0.15) is 0 Å². The second-order valence-corrected chi connectivity index (χ2v) is 3.46. The van der Waals surface area contributed by atoms with Crippen molar-refractivity contribution in [2.45, 2.75) is 12.5 Å². The minimum absolute atomic E-state index is 0. The van der Waals surface area contributed by atoms with Crippen molar-refractivity contribution >= 4 is 18.4 Å². The molecule has 0 amide bonds. The average Bonchev–Trinajstić information content (AvgIpc) is 2.30. The van der Waals surface area contributed by atoms with E-state index in [1.165, 1.54) is 0 Å². The Hall–Kier alpha value is -1.10. The molecule has 0 bridgehead atoms. The summed E-state index contributed by atoms with van der Waals surface area (Å²) in [6, 6.07) is 9.01. The number of esters is 1. The van der Waals surface area contributed by atoms with Gasteiger partial charge in [0.25, 0.3) is 0 Å². The van der Waals surface area contributed by atoms with Crippen LogP contribution in [0.5, 0.6) is 0 Å². The molecule has 0 fully saturated rings. The van der Waals surface area contributed by atoms with Crippen molar-refractivity contribution in [3.05, 3.63) is 35.9 Å². The zero-order valence-corrected chi connectivity index (χ0v) is 10.6. The Labute approximate surface area is 108 Å². The summed E-state index contributed by atoms with van der Waals surface area (Å²) in [6.07, 6.45) is 0.493. The highest BCUT2D eigenvalue weighted by molar-refractivity contribution is 5.85. The lowest BCUT2D eigenvalue weighted by Crippen LogP contribution is -2.34. The molecule has 2 N–H and O–H groups in total. The van der Waals surface area contributed by atoms with E-state index < -0.39 is 6.04 Å². The van der Waals surface area contributed by atoms with E-state index in [0.29, 0.717) is 13.0 Å². The van der Waals surface area contributed by atoms with Crippen molar-refractivity contribution in [1.82, 2.24) is 0 Å². The summed E-state index contributed by atoms with van der Waals surface area (Å²) < 4.78 is 9.70. The summed E-state index contributed by atoms with van der Waals surface area (Å²) in [7, 11) is 1.55. The number of nitrogens with two attached hydrogens (primary N) is 1. The van der Waals surface area contributed by atoms with Crippen LogP contribution in [0, 0.1) is 0 Å². The van der Waals surface area contributed by atoms with Crippen LogP contribution in [0.3, 0.4) is 0 Å². The predicted molar refractivity (Wildman–Crippen MR) is 68.2 cm³/mol. The zero-order valence-electron chi connectivity index (χ0n) is 9.80. The van der Waals surface area contributed by atoms with E-state index in [9.17, 15) is 4.79 Å². The first-order chi connectivity index (χ1) is 7.74. The van der Waals surface area contributed by atoms with Gasteiger partial charge >= 0.3 is 5.97 Å². The van der Waals surface area contributed by atoms with Crippen molar-refractivity contribution in [2.24, 2.45) is 5.73 Å². The van der Waals surface area contributed by atoms with Crippen LogP contribution in [0.15, 0.2) is 30.3 Å². The molecule has 5 heteroatoms. The maximum Gasteiger partial charge on any atom is 0.323 e. The Bertz CT molecular complexity index is 319. The molecule has 0 heterocycles. The van der Waals surface area contributed by atoms with E-state index in [0.717, 1.165) is 5.56 Å².